The number of carboxylic acids is 1. The number of carboxylic acid groups (broad SMARTS) is 1. The van der Waals surface area contributed by atoms with Gasteiger partial charge in [0, 0.05) is 23.9 Å². The fourth-order valence-electron chi connectivity index (χ4n) is 2.68. The van der Waals surface area contributed by atoms with Crippen LogP contribution in [0.5, 0.6) is 11.5 Å². The van der Waals surface area contributed by atoms with Gasteiger partial charge in [0.25, 0.3) is 0 Å². The number of carbonyl (C=O) groups excluding carboxylic acids is 1. The van der Waals surface area contributed by atoms with Crippen LogP contribution in [0.4, 0.5) is 5.69 Å². The van der Waals surface area contributed by atoms with Crippen molar-refractivity contribution in [2.45, 2.75) is 19.3 Å². The zero-order chi connectivity index (χ0) is 15.4. The van der Waals surface area contributed by atoms with Crippen molar-refractivity contribution in [1.82, 2.24) is 0 Å². The molecule has 6 nitrogen and oxygen atoms in total. The van der Waals surface area contributed by atoms with Gasteiger partial charge in [0.1, 0.15) is 11.5 Å². The zero-order valence-electron chi connectivity index (χ0n) is 12.1. The highest BCUT2D eigenvalue weighted by Crippen LogP contribution is 2.33. The van der Waals surface area contributed by atoms with E-state index in [2.05, 4.69) is 5.32 Å². The average molecular weight is 293 g/mol. The molecule has 1 aromatic carbocycles. The molecule has 0 saturated heterocycles. The van der Waals surface area contributed by atoms with Crippen LogP contribution in [0, 0.1) is 11.8 Å². The summed E-state index contributed by atoms with van der Waals surface area (Å²) >= 11 is 0. The Morgan fingerprint density at radius 2 is 1.67 bits per heavy atom. The van der Waals surface area contributed by atoms with E-state index in [-0.39, 0.29) is 5.91 Å². The molecule has 6 heteroatoms. The van der Waals surface area contributed by atoms with Crippen LogP contribution in [0.2, 0.25) is 0 Å². The molecule has 0 spiro atoms. The first-order valence-corrected chi connectivity index (χ1v) is 6.82. The fraction of sp³-hybridized carbons (Fsp3) is 0.467. The molecule has 1 aliphatic rings. The van der Waals surface area contributed by atoms with Gasteiger partial charge in [0.05, 0.1) is 26.1 Å². The molecule has 0 heterocycles. The van der Waals surface area contributed by atoms with E-state index in [1.807, 2.05) is 0 Å². The molecule has 0 radical (unpaired) electrons. The molecule has 1 amide bonds. The first-order valence-electron chi connectivity index (χ1n) is 6.82. The van der Waals surface area contributed by atoms with Crippen molar-refractivity contribution in [3.05, 3.63) is 18.2 Å². The number of hydrogen-bond donors (Lipinski definition) is 2. The number of anilines is 1. The molecule has 1 saturated carbocycles. The number of hydrogen-bond acceptors (Lipinski definition) is 4. The van der Waals surface area contributed by atoms with Crippen molar-refractivity contribution < 1.29 is 24.2 Å². The Balaban J connectivity index is 2.14. The van der Waals surface area contributed by atoms with Crippen molar-refractivity contribution in [2.75, 3.05) is 19.5 Å². The first-order chi connectivity index (χ1) is 10.0. The predicted molar refractivity (Wildman–Crippen MR) is 76.6 cm³/mol. The molecule has 2 rings (SSSR count). The van der Waals surface area contributed by atoms with Gasteiger partial charge in [-0.1, -0.05) is 6.42 Å². The molecule has 1 aliphatic carbocycles. The van der Waals surface area contributed by atoms with Crippen molar-refractivity contribution in [3.63, 3.8) is 0 Å². The van der Waals surface area contributed by atoms with E-state index in [0.29, 0.717) is 30.0 Å². The number of methoxy groups -OCH3 is 2. The van der Waals surface area contributed by atoms with Crippen molar-refractivity contribution in [3.8, 4) is 11.5 Å². The van der Waals surface area contributed by atoms with Crippen LogP contribution in [0.25, 0.3) is 0 Å². The quantitative estimate of drug-likeness (QED) is 0.869. The van der Waals surface area contributed by atoms with Gasteiger partial charge in [0.15, 0.2) is 0 Å². The van der Waals surface area contributed by atoms with Crippen molar-refractivity contribution in [1.29, 1.82) is 0 Å². The van der Waals surface area contributed by atoms with E-state index in [1.165, 1.54) is 14.2 Å². The summed E-state index contributed by atoms with van der Waals surface area (Å²) in [5.74, 6) is -1.14. The number of ether oxygens (including phenoxy) is 2. The smallest absolute Gasteiger partial charge is 0.307 e. The maximum atomic E-state index is 12.3. The zero-order valence-corrected chi connectivity index (χ0v) is 12.1. The normalized spacial score (nSPS) is 20.9. The lowest BCUT2D eigenvalue weighted by Crippen LogP contribution is -2.30. The predicted octanol–water partition coefficient (Wildman–Crippen LogP) is 2.14. The summed E-state index contributed by atoms with van der Waals surface area (Å²) in [4.78, 5) is 23.4. The molecule has 2 N–H and O–H groups in total. The Morgan fingerprint density at radius 1 is 1.10 bits per heavy atom. The standard InChI is InChI=1S/C15H19NO5/c1-20-10-6-9(7-11(8-10)21-2)16-14(17)12-4-3-5-13(12)15(18)19/h6-8,12-13H,3-5H2,1-2H3,(H,16,17)(H,18,19)/t12-,13+/m1/s1. The Bertz CT molecular complexity index is 521. The molecule has 21 heavy (non-hydrogen) atoms. The summed E-state index contributed by atoms with van der Waals surface area (Å²) < 4.78 is 10.3. The van der Waals surface area contributed by atoms with E-state index >= 15 is 0 Å². The maximum absolute atomic E-state index is 12.3. The number of rotatable bonds is 5. The number of carbonyl (C=O) groups is 2. The van der Waals surface area contributed by atoms with E-state index in [1.54, 1.807) is 18.2 Å². The van der Waals surface area contributed by atoms with E-state index < -0.39 is 17.8 Å². The third-order valence-electron chi connectivity index (χ3n) is 3.79. The van der Waals surface area contributed by atoms with Crippen LogP contribution in [0.1, 0.15) is 19.3 Å². The summed E-state index contributed by atoms with van der Waals surface area (Å²) in [6.45, 7) is 0. The first kappa shape index (κ1) is 15.2. The van der Waals surface area contributed by atoms with E-state index in [9.17, 15) is 9.59 Å². The summed E-state index contributed by atoms with van der Waals surface area (Å²) in [6, 6.07) is 5.04. The molecule has 0 unspecified atom stereocenters. The lowest BCUT2D eigenvalue weighted by atomic mass is 9.95. The number of amides is 1. The van der Waals surface area contributed by atoms with Gasteiger partial charge in [-0.25, -0.2) is 0 Å². The van der Waals surface area contributed by atoms with Crippen molar-refractivity contribution >= 4 is 17.6 Å². The number of aliphatic carboxylic acids is 1. The lowest BCUT2D eigenvalue weighted by Gasteiger charge is -2.16. The van der Waals surface area contributed by atoms with Gasteiger partial charge < -0.3 is 19.9 Å². The van der Waals surface area contributed by atoms with Gasteiger partial charge in [-0.05, 0) is 12.8 Å². The van der Waals surface area contributed by atoms with Gasteiger partial charge in [-0.3, -0.25) is 9.59 Å². The third-order valence-corrected chi connectivity index (χ3v) is 3.79. The van der Waals surface area contributed by atoms with E-state index in [0.717, 1.165) is 6.42 Å². The Kier molecular flexibility index (Phi) is 4.67. The second-order valence-corrected chi connectivity index (χ2v) is 5.07. The molecular weight excluding hydrogens is 274 g/mol. The second-order valence-electron chi connectivity index (χ2n) is 5.07. The number of nitrogens with one attached hydrogen (secondary N) is 1. The fourth-order valence-corrected chi connectivity index (χ4v) is 2.68. The molecule has 1 fully saturated rings. The largest absolute Gasteiger partial charge is 0.497 e. The minimum absolute atomic E-state index is 0.268. The average Bonchev–Trinajstić information content (AvgIpc) is 2.96. The Labute approximate surface area is 123 Å². The van der Waals surface area contributed by atoms with Crippen LogP contribution < -0.4 is 14.8 Å². The molecule has 0 bridgehead atoms. The minimum Gasteiger partial charge on any atom is -0.497 e. The topological polar surface area (TPSA) is 84.9 Å². The molecule has 0 aliphatic heterocycles. The lowest BCUT2D eigenvalue weighted by molar-refractivity contribution is -0.145. The van der Waals surface area contributed by atoms with Crippen molar-refractivity contribution in [2.24, 2.45) is 11.8 Å². The monoisotopic (exact) mass is 293 g/mol. The highest BCUT2D eigenvalue weighted by Gasteiger charge is 2.37. The summed E-state index contributed by atoms with van der Waals surface area (Å²) in [5.41, 5.74) is 0.534. The molecule has 2 atom stereocenters. The van der Waals surface area contributed by atoms with Crippen LogP contribution in [0.15, 0.2) is 18.2 Å². The summed E-state index contributed by atoms with van der Waals surface area (Å²) in [7, 11) is 3.05. The SMILES string of the molecule is COc1cc(NC(=O)[C@@H]2CCC[C@@H]2C(=O)O)cc(OC)c1. The molecule has 114 valence electrons. The summed E-state index contributed by atoms with van der Waals surface area (Å²) in [5, 5.41) is 11.9. The molecule has 0 aromatic heterocycles. The second kappa shape index (κ2) is 6.47. The minimum atomic E-state index is -0.907. The van der Waals surface area contributed by atoms with Gasteiger partial charge in [-0.15, -0.1) is 0 Å². The van der Waals surface area contributed by atoms with E-state index in [4.69, 9.17) is 14.6 Å². The Morgan fingerprint density at radius 3 is 2.19 bits per heavy atom. The van der Waals surface area contributed by atoms with Crippen LogP contribution >= 0.6 is 0 Å². The van der Waals surface area contributed by atoms with Crippen LogP contribution in [-0.4, -0.2) is 31.2 Å². The van der Waals surface area contributed by atoms with Crippen LogP contribution in [0.3, 0.4) is 0 Å². The molecule has 1 aromatic rings. The van der Waals surface area contributed by atoms with Gasteiger partial charge in [0.2, 0.25) is 5.91 Å². The van der Waals surface area contributed by atoms with Crippen LogP contribution in [-0.2, 0) is 9.59 Å². The van der Waals surface area contributed by atoms with Gasteiger partial charge >= 0.3 is 5.97 Å². The van der Waals surface area contributed by atoms with Gasteiger partial charge in [-0.2, -0.15) is 0 Å². The third kappa shape index (κ3) is 3.45. The highest BCUT2D eigenvalue weighted by molar-refractivity contribution is 5.95. The Hall–Kier alpha value is -2.24. The molecular formula is C15H19NO5. The maximum Gasteiger partial charge on any atom is 0.307 e. The highest BCUT2D eigenvalue weighted by atomic mass is 16.5. The number of benzene rings is 1. The summed E-state index contributed by atoms with van der Waals surface area (Å²) in [6.07, 6.45) is 1.91.